The van der Waals surface area contributed by atoms with E-state index in [9.17, 15) is 18.0 Å². The smallest absolute Gasteiger partial charge is 0.453 e. The van der Waals surface area contributed by atoms with Gasteiger partial charge in [0.15, 0.2) is 0 Å². The summed E-state index contributed by atoms with van der Waals surface area (Å²) in [5, 5.41) is 14.9. The second-order valence-electron chi connectivity index (χ2n) is 4.57. The Bertz CT molecular complexity index is 752. The third kappa shape index (κ3) is 2.41. The summed E-state index contributed by atoms with van der Waals surface area (Å²) in [4.78, 5) is 14.5. The van der Waals surface area contributed by atoms with E-state index in [0.717, 1.165) is 4.68 Å². The summed E-state index contributed by atoms with van der Waals surface area (Å²) in [6.07, 6.45) is -3.42. The van der Waals surface area contributed by atoms with Crippen LogP contribution in [0.25, 0.3) is 0 Å². The Morgan fingerprint density at radius 3 is 2.55 bits per heavy atom. The molecule has 1 atom stereocenters. The van der Waals surface area contributed by atoms with Gasteiger partial charge in [0.1, 0.15) is 11.7 Å². The van der Waals surface area contributed by atoms with Crippen LogP contribution in [-0.4, -0.2) is 25.8 Å². The lowest BCUT2D eigenvalue weighted by Crippen LogP contribution is -2.24. The van der Waals surface area contributed by atoms with Crippen LogP contribution < -0.4 is 5.32 Å². The van der Waals surface area contributed by atoms with Crippen molar-refractivity contribution in [2.24, 2.45) is 0 Å². The van der Waals surface area contributed by atoms with Crippen LogP contribution >= 0.6 is 0 Å². The van der Waals surface area contributed by atoms with Crippen LogP contribution in [-0.2, 0) is 11.0 Å². The molecule has 0 amide bonds. The van der Waals surface area contributed by atoms with Gasteiger partial charge in [-0.2, -0.15) is 18.2 Å². The summed E-state index contributed by atoms with van der Waals surface area (Å²) in [5.41, 5.74) is 0.352. The molecule has 0 unspecified atom stereocenters. The van der Waals surface area contributed by atoms with Crippen molar-refractivity contribution in [2.75, 3.05) is 5.32 Å². The fourth-order valence-electron chi connectivity index (χ4n) is 2.13. The second-order valence-corrected chi connectivity index (χ2v) is 4.57. The van der Waals surface area contributed by atoms with E-state index in [-0.39, 0.29) is 11.6 Å². The van der Waals surface area contributed by atoms with Crippen molar-refractivity contribution >= 4 is 11.9 Å². The first-order chi connectivity index (χ1) is 10.4. The summed E-state index contributed by atoms with van der Waals surface area (Å²) in [5.74, 6) is -2.87. The third-order valence-electron chi connectivity index (χ3n) is 3.09. The number of carbonyl (C=O) groups is 1. The predicted molar refractivity (Wildman–Crippen MR) is 68.9 cm³/mol. The van der Waals surface area contributed by atoms with Gasteiger partial charge in [-0.3, -0.25) is 0 Å². The predicted octanol–water partition coefficient (Wildman–Crippen LogP) is 2.28. The number of aromatic nitrogens is 3. The van der Waals surface area contributed by atoms with Gasteiger partial charge < -0.3 is 10.4 Å². The molecule has 9 heteroatoms. The van der Waals surface area contributed by atoms with Crippen molar-refractivity contribution in [1.29, 1.82) is 0 Å². The molecule has 114 valence electrons. The highest BCUT2D eigenvalue weighted by Crippen LogP contribution is 2.33. The average Bonchev–Trinajstić information content (AvgIpc) is 2.91. The molecular weight excluding hydrogens is 301 g/mol. The molecule has 0 saturated carbocycles. The third-order valence-corrected chi connectivity index (χ3v) is 3.09. The minimum atomic E-state index is -4.71. The van der Waals surface area contributed by atoms with E-state index in [0.29, 0.717) is 5.56 Å². The average molecular weight is 310 g/mol. The Kier molecular flexibility index (Phi) is 3.12. The van der Waals surface area contributed by atoms with Gasteiger partial charge in [-0.25, -0.2) is 9.48 Å². The maximum absolute atomic E-state index is 12.8. The number of carboxylic acids is 1. The van der Waals surface area contributed by atoms with Crippen LogP contribution in [0.4, 0.5) is 19.1 Å². The van der Waals surface area contributed by atoms with Gasteiger partial charge >= 0.3 is 12.1 Å². The standard InChI is InChI=1S/C13H9F3N4O2/c14-13(15,16)11-18-12-17-8(10(21)22)6-9(20(12)19-11)7-4-2-1-3-5-7/h1-6,9H,(H,21,22)(H,17,18,19)/t9-/m0/s1. The lowest BCUT2D eigenvalue weighted by molar-refractivity contribution is -0.145. The molecule has 1 aromatic heterocycles. The summed E-state index contributed by atoms with van der Waals surface area (Å²) >= 11 is 0. The number of aliphatic carboxylic acids is 1. The fourth-order valence-corrected chi connectivity index (χ4v) is 2.13. The van der Waals surface area contributed by atoms with Crippen LogP contribution in [0.1, 0.15) is 17.4 Å². The normalized spacial score (nSPS) is 17.4. The van der Waals surface area contributed by atoms with E-state index in [1.807, 2.05) is 0 Å². The summed E-state index contributed by atoms with van der Waals surface area (Å²) < 4.78 is 39.3. The number of carboxylic acid groups (broad SMARTS) is 1. The van der Waals surface area contributed by atoms with Crippen molar-refractivity contribution < 1.29 is 23.1 Å². The first kappa shape index (κ1) is 14.1. The first-order valence-electron chi connectivity index (χ1n) is 6.17. The van der Waals surface area contributed by atoms with Gasteiger partial charge in [-0.15, -0.1) is 5.10 Å². The number of allylic oxidation sites excluding steroid dienone is 1. The second kappa shape index (κ2) is 4.86. The van der Waals surface area contributed by atoms with E-state index in [4.69, 9.17) is 5.11 Å². The molecule has 0 fully saturated rings. The monoisotopic (exact) mass is 310 g/mol. The molecule has 0 saturated heterocycles. The largest absolute Gasteiger partial charge is 0.477 e. The maximum atomic E-state index is 12.8. The zero-order valence-corrected chi connectivity index (χ0v) is 10.9. The zero-order chi connectivity index (χ0) is 15.9. The van der Waals surface area contributed by atoms with Crippen molar-refractivity contribution in [3.8, 4) is 0 Å². The van der Waals surface area contributed by atoms with Crippen LogP contribution in [0.2, 0.25) is 0 Å². The number of nitrogens with zero attached hydrogens (tertiary/aromatic N) is 3. The summed E-state index contributed by atoms with van der Waals surface area (Å²) in [6.45, 7) is 0. The van der Waals surface area contributed by atoms with Gasteiger partial charge in [0.05, 0.1) is 0 Å². The highest BCUT2D eigenvalue weighted by Gasteiger charge is 2.39. The molecule has 3 rings (SSSR count). The summed E-state index contributed by atoms with van der Waals surface area (Å²) in [6, 6.07) is 7.71. The lowest BCUT2D eigenvalue weighted by atomic mass is 10.0. The Balaban J connectivity index is 2.13. The molecule has 2 heterocycles. The Labute approximate surface area is 121 Å². The number of rotatable bonds is 2. The number of anilines is 1. The molecule has 0 bridgehead atoms. The SMILES string of the molecule is O=C(O)C1=C[C@@H](c2ccccc2)n2nc(C(F)(F)F)nc2N1. The number of hydrogen-bond acceptors (Lipinski definition) is 4. The van der Waals surface area contributed by atoms with Crippen molar-refractivity contribution in [2.45, 2.75) is 12.2 Å². The van der Waals surface area contributed by atoms with E-state index in [2.05, 4.69) is 15.4 Å². The van der Waals surface area contributed by atoms with Crippen LogP contribution in [0.15, 0.2) is 42.1 Å². The molecule has 1 aliphatic heterocycles. The maximum Gasteiger partial charge on any atom is 0.453 e. The number of fused-ring (bicyclic) bond motifs is 1. The first-order valence-corrected chi connectivity index (χ1v) is 6.17. The highest BCUT2D eigenvalue weighted by atomic mass is 19.4. The molecule has 2 N–H and O–H groups in total. The van der Waals surface area contributed by atoms with Crippen LogP contribution in [0.3, 0.4) is 0 Å². The van der Waals surface area contributed by atoms with Gasteiger partial charge in [-0.05, 0) is 11.6 Å². The molecule has 0 radical (unpaired) electrons. The molecule has 6 nitrogen and oxygen atoms in total. The highest BCUT2D eigenvalue weighted by molar-refractivity contribution is 5.90. The minimum Gasteiger partial charge on any atom is -0.477 e. The van der Waals surface area contributed by atoms with Crippen molar-refractivity contribution in [3.63, 3.8) is 0 Å². The lowest BCUT2D eigenvalue weighted by Gasteiger charge is -2.22. The minimum absolute atomic E-state index is 0.248. The molecule has 0 spiro atoms. The topological polar surface area (TPSA) is 80.0 Å². The Morgan fingerprint density at radius 2 is 1.95 bits per heavy atom. The van der Waals surface area contributed by atoms with Crippen LogP contribution in [0.5, 0.6) is 0 Å². The molecule has 0 aliphatic carbocycles. The number of nitrogens with one attached hydrogen (secondary N) is 1. The van der Waals surface area contributed by atoms with Gasteiger partial charge in [-0.1, -0.05) is 30.3 Å². The Morgan fingerprint density at radius 1 is 1.27 bits per heavy atom. The number of benzene rings is 1. The molecular formula is C13H9F3N4O2. The van der Waals surface area contributed by atoms with E-state index in [1.165, 1.54) is 6.08 Å². The number of halogens is 3. The van der Waals surface area contributed by atoms with E-state index in [1.54, 1.807) is 30.3 Å². The molecule has 22 heavy (non-hydrogen) atoms. The van der Waals surface area contributed by atoms with Crippen LogP contribution in [0, 0.1) is 0 Å². The van der Waals surface area contributed by atoms with E-state index >= 15 is 0 Å². The van der Waals surface area contributed by atoms with Crippen molar-refractivity contribution in [3.05, 3.63) is 53.5 Å². The number of alkyl halides is 3. The summed E-state index contributed by atoms with van der Waals surface area (Å²) in [7, 11) is 0. The Hall–Kier alpha value is -2.84. The van der Waals surface area contributed by atoms with Gasteiger partial charge in [0.25, 0.3) is 5.82 Å². The molecule has 1 aliphatic rings. The quantitative estimate of drug-likeness (QED) is 0.889. The van der Waals surface area contributed by atoms with E-state index < -0.39 is 24.0 Å². The van der Waals surface area contributed by atoms with Gasteiger partial charge in [0, 0.05) is 0 Å². The number of hydrogen-bond donors (Lipinski definition) is 2. The van der Waals surface area contributed by atoms with Gasteiger partial charge in [0.2, 0.25) is 5.95 Å². The molecule has 1 aromatic carbocycles. The van der Waals surface area contributed by atoms with Crippen molar-refractivity contribution in [1.82, 2.24) is 14.8 Å². The molecule has 2 aromatic rings. The zero-order valence-electron chi connectivity index (χ0n) is 10.9. The fraction of sp³-hybridized carbons (Fsp3) is 0.154.